The van der Waals surface area contributed by atoms with Crippen LogP contribution in [0, 0.1) is 11.8 Å². The zero-order chi connectivity index (χ0) is 15.1. The number of nitrogens with zero attached hydrogens (tertiary/aromatic N) is 1. The van der Waals surface area contributed by atoms with Gasteiger partial charge in [-0.3, -0.25) is 4.79 Å². The van der Waals surface area contributed by atoms with Crippen LogP contribution in [0.25, 0.3) is 0 Å². The number of hydrogen-bond donors (Lipinski definition) is 1. The molecule has 3 nitrogen and oxygen atoms in total. The molecule has 1 saturated heterocycles. The number of halogens is 1. The first-order chi connectivity index (χ1) is 10.2. The van der Waals surface area contributed by atoms with Crippen molar-refractivity contribution in [2.75, 3.05) is 19.6 Å². The molecule has 2 rings (SSSR count). The molecule has 0 bridgehead atoms. The zero-order valence-electron chi connectivity index (χ0n) is 14.5. The Kier molecular flexibility index (Phi) is 9.42. The number of piperidine rings is 1. The predicted octanol–water partition coefficient (Wildman–Crippen LogP) is 4.01. The van der Waals surface area contributed by atoms with E-state index < -0.39 is 0 Å². The highest BCUT2D eigenvalue weighted by Gasteiger charge is 2.26. The topological polar surface area (TPSA) is 32.3 Å². The highest BCUT2D eigenvalue weighted by Crippen LogP contribution is 2.28. The number of likely N-dealkylation sites (tertiary alicyclic amines) is 1. The van der Waals surface area contributed by atoms with Gasteiger partial charge < -0.3 is 10.2 Å². The molecule has 1 aliphatic heterocycles. The van der Waals surface area contributed by atoms with Crippen molar-refractivity contribution in [3.63, 3.8) is 0 Å². The Morgan fingerprint density at radius 2 is 1.86 bits per heavy atom. The number of rotatable bonds is 9. The van der Waals surface area contributed by atoms with E-state index in [1.165, 1.54) is 38.6 Å². The minimum Gasteiger partial charge on any atom is -0.343 e. The van der Waals surface area contributed by atoms with Crippen LogP contribution in [0.5, 0.6) is 0 Å². The molecule has 0 radical (unpaired) electrons. The molecule has 0 aromatic heterocycles. The minimum absolute atomic E-state index is 0. The van der Waals surface area contributed by atoms with Gasteiger partial charge in [-0.2, -0.15) is 0 Å². The van der Waals surface area contributed by atoms with E-state index >= 15 is 0 Å². The molecule has 22 heavy (non-hydrogen) atoms. The summed E-state index contributed by atoms with van der Waals surface area (Å²) in [5.41, 5.74) is 0. The summed E-state index contributed by atoms with van der Waals surface area (Å²) in [6, 6.07) is 0.650. The smallest absolute Gasteiger partial charge is 0.222 e. The van der Waals surface area contributed by atoms with Crippen LogP contribution in [-0.2, 0) is 4.79 Å². The van der Waals surface area contributed by atoms with Crippen LogP contribution >= 0.6 is 12.4 Å². The van der Waals surface area contributed by atoms with Crippen molar-refractivity contribution in [2.24, 2.45) is 11.8 Å². The van der Waals surface area contributed by atoms with Crippen LogP contribution in [-0.4, -0.2) is 36.5 Å². The molecule has 130 valence electrons. The summed E-state index contributed by atoms with van der Waals surface area (Å²) in [4.78, 5) is 14.5. The van der Waals surface area contributed by atoms with Gasteiger partial charge in [0.2, 0.25) is 5.91 Å². The second-order valence-electron chi connectivity index (χ2n) is 7.13. The van der Waals surface area contributed by atoms with E-state index in [1.807, 2.05) is 0 Å². The fourth-order valence-corrected chi connectivity index (χ4v) is 3.31. The first-order valence-corrected chi connectivity index (χ1v) is 9.24. The van der Waals surface area contributed by atoms with Crippen molar-refractivity contribution in [3.05, 3.63) is 0 Å². The lowest BCUT2D eigenvalue weighted by atomic mass is 9.94. The zero-order valence-corrected chi connectivity index (χ0v) is 15.3. The number of unbranched alkanes of at least 4 members (excludes halogenated alkanes) is 1. The molecule has 0 aromatic carbocycles. The van der Waals surface area contributed by atoms with Gasteiger partial charge in [0.05, 0.1) is 0 Å². The van der Waals surface area contributed by atoms with Crippen LogP contribution in [0.15, 0.2) is 0 Å². The molecule has 1 N–H and O–H groups in total. The summed E-state index contributed by atoms with van der Waals surface area (Å²) >= 11 is 0. The summed E-state index contributed by atoms with van der Waals surface area (Å²) in [5.74, 6) is 1.95. The predicted molar refractivity (Wildman–Crippen MR) is 95.5 cm³/mol. The average Bonchev–Trinajstić information content (AvgIpc) is 3.34. The molecule has 2 fully saturated rings. The third-order valence-electron chi connectivity index (χ3n) is 5.25. The third-order valence-corrected chi connectivity index (χ3v) is 5.25. The number of hydrogen-bond acceptors (Lipinski definition) is 2. The Labute approximate surface area is 143 Å². The molecule has 1 heterocycles. The van der Waals surface area contributed by atoms with E-state index in [-0.39, 0.29) is 12.4 Å². The fourth-order valence-electron chi connectivity index (χ4n) is 3.31. The molecule has 1 amide bonds. The molecule has 0 aromatic rings. The Bertz CT molecular complexity index is 312. The van der Waals surface area contributed by atoms with Crippen molar-refractivity contribution in [3.8, 4) is 0 Å². The maximum Gasteiger partial charge on any atom is 0.222 e. The second-order valence-corrected chi connectivity index (χ2v) is 7.13. The van der Waals surface area contributed by atoms with Crippen LogP contribution in [0.1, 0.15) is 71.6 Å². The number of carbonyl (C=O) groups is 1. The van der Waals surface area contributed by atoms with Gasteiger partial charge in [-0.1, -0.05) is 33.1 Å². The lowest BCUT2D eigenvalue weighted by Gasteiger charge is -2.33. The van der Waals surface area contributed by atoms with Gasteiger partial charge in [-0.05, 0) is 50.5 Å². The van der Waals surface area contributed by atoms with E-state index in [0.29, 0.717) is 17.9 Å². The lowest BCUT2D eigenvalue weighted by Crippen LogP contribution is -2.45. The quantitative estimate of drug-likeness (QED) is 0.693. The molecular weight excluding hydrogens is 296 g/mol. The standard InChI is InChI=1S/C18H34N2O.ClH/c1-3-5-6-15(4-2)13-18(21)20-11-9-17(10-12-20)19-14-16-7-8-16;/h15-17,19H,3-14H2,1-2H3;1H. The Morgan fingerprint density at radius 3 is 2.41 bits per heavy atom. The number of carbonyl (C=O) groups excluding carboxylic acids is 1. The Balaban J connectivity index is 0.00000242. The second kappa shape index (κ2) is 10.5. The van der Waals surface area contributed by atoms with E-state index in [9.17, 15) is 4.79 Å². The van der Waals surface area contributed by atoms with E-state index in [2.05, 4.69) is 24.1 Å². The largest absolute Gasteiger partial charge is 0.343 e. The van der Waals surface area contributed by atoms with Gasteiger partial charge in [-0.15, -0.1) is 12.4 Å². The summed E-state index contributed by atoms with van der Waals surface area (Å²) in [6.07, 6.45) is 10.8. The van der Waals surface area contributed by atoms with Gasteiger partial charge in [0.1, 0.15) is 0 Å². The van der Waals surface area contributed by atoms with E-state index in [0.717, 1.165) is 44.7 Å². The van der Waals surface area contributed by atoms with Gasteiger partial charge in [0.15, 0.2) is 0 Å². The highest BCUT2D eigenvalue weighted by atomic mass is 35.5. The highest BCUT2D eigenvalue weighted by molar-refractivity contribution is 5.85. The van der Waals surface area contributed by atoms with Gasteiger partial charge in [-0.25, -0.2) is 0 Å². The summed E-state index contributed by atoms with van der Waals surface area (Å²) < 4.78 is 0. The van der Waals surface area contributed by atoms with Crippen molar-refractivity contribution >= 4 is 18.3 Å². The number of amides is 1. The van der Waals surface area contributed by atoms with Crippen molar-refractivity contribution in [1.29, 1.82) is 0 Å². The minimum atomic E-state index is 0. The van der Waals surface area contributed by atoms with Crippen molar-refractivity contribution in [1.82, 2.24) is 10.2 Å². The van der Waals surface area contributed by atoms with E-state index in [1.54, 1.807) is 0 Å². The molecule has 0 spiro atoms. The SMILES string of the molecule is CCCCC(CC)CC(=O)N1CCC(NCC2CC2)CC1.Cl. The summed E-state index contributed by atoms with van der Waals surface area (Å²) in [5, 5.41) is 3.68. The van der Waals surface area contributed by atoms with Crippen molar-refractivity contribution < 1.29 is 4.79 Å². The van der Waals surface area contributed by atoms with Crippen LogP contribution in [0.4, 0.5) is 0 Å². The average molecular weight is 331 g/mol. The number of nitrogens with one attached hydrogen (secondary N) is 1. The summed E-state index contributed by atoms with van der Waals surface area (Å²) in [6.45, 7) is 7.58. The molecular formula is C18H35ClN2O. The molecule has 1 aliphatic carbocycles. The van der Waals surface area contributed by atoms with Crippen LogP contribution in [0.3, 0.4) is 0 Å². The first kappa shape index (κ1) is 19.8. The fraction of sp³-hybridized carbons (Fsp3) is 0.944. The van der Waals surface area contributed by atoms with Gasteiger partial charge in [0.25, 0.3) is 0 Å². The maximum atomic E-state index is 12.4. The lowest BCUT2D eigenvalue weighted by molar-refractivity contribution is -0.133. The van der Waals surface area contributed by atoms with Gasteiger partial charge >= 0.3 is 0 Å². The Hall–Kier alpha value is -0.280. The van der Waals surface area contributed by atoms with Crippen molar-refractivity contribution in [2.45, 2.75) is 77.7 Å². The van der Waals surface area contributed by atoms with Crippen LogP contribution in [0.2, 0.25) is 0 Å². The third kappa shape index (κ3) is 6.87. The summed E-state index contributed by atoms with van der Waals surface area (Å²) in [7, 11) is 0. The molecule has 1 atom stereocenters. The van der Waals surface area contributed by atoms with Crippen LogP contribution < -0.4 is 5.32 Å². The first-order valence-electron chi connectivity index (χ1n) is 9.24. The molecule has 4 heteroatoms. The maximum absolute atomic E-state index is 12.4. The molecule has 2 aliphatic rings. The Morgan fingerprint density at radius 1 is 1.18 bits per heavy atom. The normalized spacial score (nSPS) is 20.5. The monoisotopic (exact) mass is 330 g/mol. The molecule has 1 unspecified atom stereocenters. The van der Waals surface area contributed by atoms with E-state index in [4.69, 9.17) is 0 Å². The molecule has 1 saturated carbocycles. The van der Waals surface area contributed by atoms with Gasteiger partial charge in [0, 0.05) is 25.6 Å².